The number of rotatable bonds is 2. The molecule has 0 rings (SSSR count). The topological polar surface area (TPSA) is 41.1 Å². The summed E-state index contributed by atoms with van der Waals surface area (Å²) >= 11 is 4.53. The number of hydrogen-bond acceptors (Lipinski definition) is 2. The molecule has 0 radical (unpaired) electrons. The van der Waals surface area contributed by atoms with Crippen molar-refractivity contribution in [1.82, 2.24) is 10.6 Å². The summed E-state index contributed by atoms with van der Waals surface area (Å²) in [5, 5.41) is 4.84. The minimum atomic E-state index is -4.83. The molecule has 3 nitrogen and oxygen atoms in total. The number of nitrogens with one attached hydrogen (secondary N) is 2. The second kappa shape index (κ2) is 4.80. The third kappa shape index (κ3) is 5.18. The zero-order valence-electron chi connectivity index (χ0n) is 6.61. The SMILES string of the molecule is CNC(=S)N/C=C/C(=O)C(F)(F)F. The molecule has 0 aliphatic heterocycles. The number of thiocarbonyl (C=S) groups is 1. The lowest BCUT2D eigenvalue weighted by atomic mass is 10.4. The third-order valence-corrected chi connectivity index (χ3v) is 1.28. The highest BCUT2D eigenvalue weighted by Gasteiger charge is 2.35. The Morgan fingerprint density at radius 3 is 2.38 bits per heavy atom. The second-order valence-electron chi connectivity index (χ2n) is 1.92. The van der Waals surface area contributed by atoms with Gasteiger partial charge in [-0.05, 0) is 12.2 Å². The van der Waals surface area contributed by atoms with Crippen molar-refractivity contribution in [2.24, 2.45) is 0 Å². The first-order valence-electron chi connectivity index (χ1n) is 3.14. The summed E-state index contributed by atoms with van der Waals surface area (Å²) in [4.78, 5) is 10.2. The molecule has 2 N–H and O–H groups in total. The van der Waals surface area contributed by atoms with E-state index in [1.165, 1.54) is 7.05 Å². The van der Waals surface area contributed by atoms with Crippen LogP contribution in [0.15, 0.2) is 12.3 Å². The van der Waals surface area contributed by atoms with Gasteiger partial charge in [-0.3, -0.25) is 4.79 Å². The van der Waals surface area contributed by atoms with Gasteiger partial charge in [-0.15, -0.1) is 0 Å². The maximum absolute atomic E-state index is 11.6. The first-order valence-corrected chi connectivity index (χ1v) is 3.54. The number of ketones is 1. The Balaban J connectivity index is 4.00. The summed E-state index contributed by atoms with van der Waals surface area (Å²) in [6, 6.07) is 0. The van der Waals surface area contributed by atoms with E-state index in [0.29, 0.717) is 6.08 Å². The fraction of sp³-hybridized carbons (Fsp3) is 0.333. The van der Waals surface area contributed by atoms with Crippen molar-refractivity contribution < 1.29 is 18.0 Å². The van der Waals surface area contributed by atoms with Gasteiger partial charge in [0.1, 0.15) is 0 Å². The Kier molecular flexibility index (Phi) is 4.39. The van der Waals surface area contributed by atoms with Crippen molar-refractivity contribution in [3.05, 3.63) is 12.3 Å². The molecule has 0 aromatic rings. The van der Waals surface area contributed by atoms with Gasteiger partial charge in [-0.2, -0.15) is 13.2 Å². The Hall–Kier alpha value is -1.11. The van der Waals surface area contributed by atoms with Crippen molar-refractivity contribution >= 4 is 23.1 Å². The van der Waals surface area contributed by atoms with Gasteiger partial charge >= 0.3 is 6.18 Å². The van der Waals surface area contributed by atoms with Crippen molar-refractivity contribution in [3.8, 4) is 0 Å². The number of allylic oxidation sites excluding steroid dienone is 1. The van der Waals surface area contributed by atoms with E-state index in [0.717, 1.165) is 6.20 Å². The summed E-state index contributed by atoms with van der Waals surface area (Å²) in [7, 11) is 1.49. The summed E-state index contributed by atoms with van der Waals surface area (Å²) in [5.74, 6) is -1.93. The Morgan fingerprint density at radius 1 is 1.46 bits per heavy atom. The van der Waals surface area contributed by atoms with Gasteiger partial charge in [0.2, 0.25) is 0 Å². The highest BCUT2D eigenvalue weighted by molar-refractivity contribution is 7.80. The maximum atomic E-state index is 11.6. The zero-order chi connectivity index (χ0) is 10.5. The van der Waals surface area contributed by atoms with Gasteiger partial charge < -0.3 is 10.6 Å². The fourth-order valence-corrected chi connectivity index (χ4v) is 0.428. The quantitative estimate of drug-likeness (QED) is 0.523. The molecule has 0 heterocycles. The average molecular weight is 212 g/mol. The second-order valence-corrected chi connectivity index (χ2v) is 2.33. The van der Waals surface area contributed by atoms with E-state index < -0.39 is 12.0 Å². The van der Waals surface area contributed by atoms with Crippen LogP contribution >= 0.6 is 12.2 Å². The molecule has 0 aliphatic carbocycles. The first-order chi connectivity index (χ1) is 5.88. The minimum Gasteiger partial charge on any atom is -0.366 e. The van der Waals surface area contributed by atoms with Crippen molar-refractivity contribution in [2.75, 3.05) is 7.05 Å². The van der Waals surface area contributed by atoms with Gasteiger partial charge in [-0.1, -0.05) is 0 Å². The Labute approximate surface area is 78.0 Å². The minimum absolute atomic E-state index is 0.131. The summed E-state index contributed by atoms with van der Waals surface area (Å²) in [6.45, 7) is 0. The van der Waals surface area contributed by atoms with Gasteiger partial charge in [0.15, 0.2) is 5.11 Å². The Morgan fingerprint density at radius 2 is 2.00 bits per heavy atom. The predicted molar refractivity (Wildman–Crippen MR) is 45.0 cm³/mol. The van der Waals surface area contributed by atoms with Gasteiger partial charge in [0, 0.05) is 19.3 Å². The lowest BCUT2D eigenvalue weighted by Crippen LogP contribution is -2.29. The number of carbonyl (C=O) groups is 1. The molecule has 0 aromatic heterocycles. The molecule has 0 spiro atoms. The maximum Gasteiger partial charge on any atom is 0.454 e. The van der Waals surface area contributed by atoms with Crippen LogP contribution in [0.25, 0.3) is 0 Å². The van der Waals surface area contributed by atoms with E-state index in [1.807, 2.05) is 0 Å². The summed E-state index contributed by atoms with van der Waals surface area (Å²) in [6.07, 6.45) is -3.64. The van der Waals surface area contributed by atoms with E-state index in [1.54, 1.807) is 0 Å². The number of hydrogen-bond donors (Lipinski definition) is 2. The predicted octanol–water partition coefficient (Wildman–Crippen LogP) is 0.725. The van der Waals surface area contributed by atoms with Crippen LogP contribution in [-0.4, -0.2) is 24.1 Å². The lowest BCUT2D eigenvalue weighted by Gasteiger charge is -2.01. The van der Waals surface area contributed by atoms with Gasteiger partial charge in [0.25, 0.3) is 5.78 Å². The number of halogens is 3. The highest BCUT2D eigenvalue weighted by Crippen LogP contribution is 2.15. The molecule has 7 heteroatoms. The van der Waals surface area contributed by atoms with Crippen LogP contribution in [0.3, 0.4) is 0 Å². The van der Waals surface area contributed by atoms with Gasteiger partial charge in [-0.25, -0.2) is 0 Å². The van der Waals surface area contributed by atoms with E-state index >= 15 is 0 Å². The molecule has 0 saturated heterocycles. The van der Waals surface area contributed by atoms with Crippen LogP contribution < -0.4 is 10.6 Å². The zero-order valence-corrected chi connectivity index (χ0v) is 7.42. The molecule has 0 atom stereocenters. The van der Waals surface area contributed by atoms with Crippen LogP contribution in [0.2, 0.25) is 0 Å². The normalized spacial score (nSPS) is 11.4. The molecule has 74 valence electrons. The molecule has 0 fully saturated rings. The molecule has 0 unspecified atom stereocenters. The molecule has 0 amide bonds. The first kappa shape index (κ1) is 11.9. The molecule has 13 heavy (non-hydrogen) atoms. The van der Waals surface area contributed by atoms with Crippen LogP contribution in [0, 0.1) is 0 Å². The summed E-state index contributed by atoms with van der Waals surface area (Å²) < 4.78 is 34.7. The van der Waals surface area contributed by atoms with Crippen LogP contribution in [0.1, 0.15) is 0 Å². The number of carbonyl (C=O) groups excluding carboxylic acids is 1. The smallest absolute Gasteiger partial charge is 0.366 e. The monoisotopic (exact) mass is 212 g/mol. The highest BCUT2D eigenvalue weighted by atomic mass is 32.1. The van der Waals surface area contributed by atoms with E-state index in [2.05, 4.69) is 22.9 Å². The third-order valence-electron chi connectivity index (χ3n) is 0.956. The van der Waals surface area contributed by atoms with E-state index in [-0.39, 0.29) is 5.11 Å². The fourth-order valence-electron chi connectivity index (χ4n) is 0.360. The molecule has 0 aliphatic rings. The number of alkyl halides is 3. The van der Waals surface area contributed by atoms with Crippen molar-refractivity contribution in [1.29, 1.82) is 0 Å². The molecule has 0 bridgehead atoms. The molecule has 0 aromatic carbocycles. The van der Waals surface area contributed by atoms with Gasteiger partial charge in [0.05, 0.1) is 0 Å². The standard InChI is InChI=1S/C6H7F3N2OS/c1-10-5(13)11-3-2-4(12)6(7,8)9/h2-3H,1H3,(H2,10,11,13)/b3-2+. The summed E-state index contributed by atoms with van der Waals surface area (Å²) in [5.41, 5.74) is 0. The van der Waals surface area contributed by atoms with Crippen LogP contribution in [-0.2, 0) is 4.79 Å². The van der Waals surface area contributed by atoms with E-state index in [9.17, 15) is 18.0 Å². The van der Waals surface area contributed by atoms with Crippen LogP contribution in [0.5, 0.6) is 0 Å². The Bertz CT molecular complexity index is 237. The van der Waals surface area contributed by atoms with Crippen molar-refractivity contribution in [2.45, 2.75) is 6.18 Å². The van der Waals surface area contributed by atoms with Crippen molar-refractivity contribution in [3.63, 3.8) is 0 Å². The average Bonchev–Trinajstić information content (AvgIpc) is 2.02. The largest absolute Gasteiger partial charge is 0.454 e. The lowest BCUT2D eigenvalue weighted by molar-refractivity contribution is -0.165. The molecular formula is C6H7F3N2OS. The molecular weight excluding hydrogens is 205 g/mol. The molecule has 0 saturated carbocycles. The van der Waals surface area contributed by atoms with Crippen LogP contribution in [0.4, 0.5) is 13.2 Å². The van der Waals surface area contributed by atoms with E-state index in [4.69, 9.17) is 0 Å².